The zero-order chi connectivity index (χ0) is 17.6. The van der Waals surface area contributed by atoms with Crippen LogP contribution in [-0.4, -0.2) is 57.1 Å². The number of rotatable bonds is 4. The molecule has 9 heteroatoms. The summed E-state index contributed by atoms with van der Waals surface area (Å²) in [6, 6.07) is 6.35. The molecule has 0 atom stereocenters. The fraction of sp³-hybridized carbons (Fsp3) is 0.333. The van der Waals surface area contributed by atoms with E-state index in [2.05, 4.69) is 10.6 Å². The van der Waals surface area contributed by atoms with E-state index in [1.165, 1.54) is 22.5 Å². The zero-order valence-corrected chi connectivity index (χ0v) is 14.8. The third kappa shape index (κ3) is 4.84. The fourth-order valence-corrected chi connectivity index (χ4v) is 3.58. The maximum Gasteiger partial charge on any atom is 0.250 e. The standard InChI is InChI=1S/C15H19N3O4S2/c1-16-15(23)17-14(19)7-4-12-2-5-13(6-3-12)24(20,21)18-8-10-22-11-9-18/h2-7H,8-11H2,1H3,(H2,16,17,19,23). The largest absolute Gasteiger partial charge is 0.379 e. The van der Waals surface area contributed by atoms with E-state index in [9.17, 15) is 13.2 Å². The Morgan fingerprint density at radius 3 is 2.46 bits per heavy atom. The van der Waals surface area contributed by atoms with E-state index >= 15 is 0 Å². The average molecular weight is 369 g/mol. The zero-order valence-electron chi connectivity index (χ0n) is 13.2. The van der Waals surface area contributed by atoms with Gasteiger partial charge in [-0.15, -0.1) is 0 Å². The summed E-state index contributed by atoms with van der Waals surface area (Å²) < 4.78 is 31.6. The van der Waals surface area contributed by atoms with E-state index in [0.29, 0.717) is 31.9 Å². The number of hydrogen-bond acceptors (Lipinski definition) is 5. The molecule has 1 aromatic carbocycles. The second kappa shape index (κ2) is 8.34. The van der Waals surface area contributed by atoms with Gasteiger partial charge < -0.3 is 10.1 Å². The van der Waals surface area contributed by atoms with Crippen LogP contribution in [0, 0.1) is 0 Å². The number of amides is 1. The van der Waals surface area contributed by atoms with Crippen molar-refractivity contribution in [1.82, 2.24) is 14.9 Å². The summed E-state index contributed by atoms with van der Waals surface area (Å²) in [5, 5.41) is 5.33. The second-order valence-corrected chi connectivity index (χ2v) is 7.33. The molecule has 0 radical (unpaired) electrons. The Kier molecular flexibility index (Phi) is 6.44. The minimum atomic E-state index is -3.50. The molecule has 24 heavy (non-hydrogen) atoms. The summed E-state index contributed by atoms with van der Waals surface area (Å²) in [6.07, 6.45) is 2.91. The molecule has 0 unspecified atom stereocenters. The van der Waals surface area contributed by atoms with Crippen LogP contribution in [0.3, 0.4) is 0 Å². The minimum absolute atomic E-state index is 0.224. The summed E-state index contributed by atoms with van der Waals surface area (Å²) in [5.74, 6) is -0.362. The summed E-state index contributed by atoms with van der Waals surface area (Å²) in [4.78, 5) is 11.8. The summed E-state index contributed by atoms with van der Waals surface area (Å²) in [7, 11) is -1.89. The van der Waals surface area contributed by atoms with Crippen LogP contribution in [0.25, 0.3) is 6.08 Å². The third-order valence-corrected chi connectivity index (χ3v) is 5.60. The second-order valence-electron chi connectivity index (χ2n) is 4.99. The first-order chi connectivity index (χ1) is 11.4. The molecule has 1 aliphatic heterocycles. The Labute approximate surface area is 146 Å². The highest BCUT2D eigenvalue weighted by Gasteiger charge is 2.25. The Morgan fingerprint density at radius 1 is 1.25 bits per heavy atom. The molecule has 130 valence electrons. The molecule has 0 aliphatic carbocycles. The van der Waals surface area contributed by atoms with Crippen molar-refractivity contribution in [3.05, 3.63) is 35.9 Å². The molecule has 1 aliphatic rings. The van der Waals surface area contributed by atoms with E-state index < -0.39 is 10.0 Å². The number of nitrogens with zero attached hydrogens (tertiary/aromatic N) is 1. The highest BCUT2D eigenvalue weighted by Crippen LogP contribution is 2.18. The van der Waals surface area contributed by atoms with E-state index in [1.807, 2.05) is 0 Å². The van der Waals surface area contributed by atoms with Crippen LogP contribution < -0.4 is 10.6 Å². The van der Waals surface area contributed by atoms with Gasteiger partial charge in [-0.05, 0) is 36.0 Å². The molecule has 1 saturated heterocycles. The summed E-state index contributed by atoms with van der Waals surface area (Å²) in [6.45, 7) is 1.53. The fourth-order valence-electron chi connectivity index (χ4n) is 2.07. The Hall–Kier alpha value is -1.81. The number of benzene rings is 1. The lowest BCUT2D eigenvalue weighted by Crippen LogP contribution is -2.40. The molecule has 0 saturated carbocycles. The lowest BCUT2D eigenvalue weighted by molar-refractivity contribution is -0.115. The van der Waals surface area contributed by atoms with Gasteiger partial charge in [0.2, 0.25) is 15.9 Å². The number of sulfonamides is 1. The SMILES string of the molecule is CNC(=S)NC(=O)C=Cc1ccc(S(=O)(=O)N2CCOCC2)cc1. The Morgan fingerprint density at radius 2 is 1.88 bits per heavy atom. The van der Waals surface area contributed by atoms with Gasteiger partial charge in [0.1, 0.15) is 0 Å². The lowest BCUT2D eigenvalue weighted by Gasteiger charge is -2.26. The van der Waals surface area contributed by atoms with Gasteiger partial charge in [0.15, 0.2) is 5.11 Å². The number of carbonyl (C=O) groups is 1. The molecule has 0 aromatic heterocycles. The van der Waals surface area contributed by atoms with Crippen LogP contribution in [0.15, 0.2) is 35.2 Å². The van der Waals surface area contributed by atoms with Gasteiger partial charge in [-0.3, -0.25) is 10.1 Å². The van der Waals surface area contributed by atoms with Crippen molar-refractivity contribution < 1.29 is 17.9 Å². The number of morpholine rings is 1. The van der Waals surface area contributed by atoms with E-state index in [-0.39, 0.29) is 15.9 Å². The topological polar surface area (TPSA) is 87.7 Å². The monoisotopic (exact) mass is 369 g/mol. The molecule has 7 nitrogen and oxygen atoms in total. The summed E-state index contributed by atoms with van der Waals surface area (Å²) >= 11 is 4.83. The average Bonchev–Trinajstić information content (AvgIpc) is 2.61. The molecule has 1 aromatic rings. The molecular weight excluding hydrogens is 350 g/mol. The maximum atomic E-state index is 12.5. The maximum absolute atomic E-state index is 12.5. The molecule has 0 spiro atoms. The first kappa shape index (κ1) is 18.5. The minimum Gasteiger partial charge on any atom is -0.379 e. The smallest absolute Gasteiger partial charge is 0.250 e. The molecule has 1 fully saturated rings. The van der Waals surface area contributed by atoms with Crippen LogP contribution in [0.4, 0.5) is 0 Å². The molecule has 0 bridgehead atoms. The molecular formula is C15H19N3O4S2. The van der Waals surface area contributed by atoms with E-state index in [4.69, 9.17) is 17.0 Å². The normalized spacial score (nSPS) is 16.0. The first-order valence-electron chi connectivity index (χ1n) is 7.32. The molecule has 1 heterocycles. The third-order valence-electron chi connectivity index (χ3n) is 3.38. The van der Waals surface area contributed by atoms with Gasteiger partial charge in [0, 0.05) is 26.2 Å². The summed E-state index contributed by atoms with van der Waals surface area (Å²) in [5.41, 5.74) is 0.710. The predicted molar refractivity (Wildman–Crippen MR) is 94.9 cm³/mol. The van der Waals surface area contributed by atoms with Crippen molar-refractivity contribution >= 4 is 39.3 Å². The van der Waals surface area contributed by atoms with Crippen LogP contribution in [0.5, 0.6) is 0 Å². The molecule has 2 rings (SSSR count). The van der Waals surface area contributed by atoms with Crippen LogP contribution in [0.1, 0.15) is 5.56 Å². The van der Waals surface area contributed by atoms with Crippen molar-refractivity contribution in [2.24, 2.45) is 0 Å². The van der Waals surface area contributed by atoms with Gasteiger partial charge in [-0.25, -0.2) is 8.42 Å². The Balaban J connectivity index is 2.04. The van der Waals surface area contributed by atoms with Gasteiger partial charge in [0.05, 0.1) is 18.1 Å². The Bertz CT molecular complexity index is 724. The number of ether oxygens (including phenoxy) is 1. The van der Waals surface area contributed by atoms with Crippen molar-refractivity contribution in [2.45, 2.75) is 4.90 Å². The number of carbonyl (C=O) groups excluding carboxylic acids is 1. The quantitative estimate of drug-likeness (QED) is 0.588. The van der Waals surface area contributed by atoms with Crippen molar-refractivity contribution in [1.29, 1.82) is 0 Å². The van der Waals surface area contributed by atoms with Crippen molar-refractivity contribution in [3.8, 4) is 0 Å². The predicted octanol–water partition coefficient (Wildman–Crippen LogP) is 0.341. The highest BCUT2D eigenvalue weighted by molar-refractivity contribution is 7.89. The van der Waals surface area contributed by atoms with Crippen molar-refractivity contribution in [3.63, 3.8) is 0 Å². The van der Waals surface area contributed by atoms with Crippen LogP contribution in [-0.2, 0) is 19.6 Å². The van der Waals surface area contributed by atoms with Gasteiger partial charge in [0.25, 0.3) is 0 Å². The molecule has 2 N–H and O–H groups in total. The lowest BCUT2D eigenvalue weighted by atomic mass is 10.2. The highest BCUT2D eigenvalue weighted by atomic mass is 32.2. The molecule has 1 amide bonds. The van der Waals surface area contributed by atoms with Crippen molar-refractivity contribution in [2.75, 3.05) is 33.4 Å². The van der Waals surface area contributed by atoms with Gasteiger partial charge in [-0.2, -0.15) is 4.31 Å². The van der Waals surface area contributed by atoms with Crippen LogP contribution >= 0.6 is 12.2 Å². The number of hydrogen-bond donors (Lipinski definition) is 2. The number of thiocarbonyl (C=S) groups is 1. The van der Waals surface area contributed by atoms with Gasteiger partial charge in [-0.1, -0.05) is 12.1 Å². The van der Waals surface area contributed by atoms with Crippen LogP contribution in [0.2, 0.25) is 0 Å². The number of nitrogens with one attached hydrogen (secondary N) is 2. The van der Waals surface area contributed by atoms with E-state index in [1.54, 1.807) is 25.3 Å². The first-order valence-corrected chi connectivity index (χ1v) is 9.17. The van der Waals surface area contributed by atoms with Gasteiger partial charge >= 0.3 is 0 Å². The van der Waals surface area contributed by atoms with E-state index in [0.717, 1.165) is 0 Å².